The number of nitrogens with zero attached hydrogens (tertiary/aromatic N) is 1. The minimum absolute atomic E-state index is 0.0964. The first-order chi connectivity index (χ1) is 12.8. The molecule has 1 heterocycles. The number of aliphatic hydroxyl groups is 1. The molecule has 0 bridgehead atoms. The van der Waals surface area contributed by atoms with Crippen LogP contribution in [0.25, 0.3) is 0 Å². The molecule has 0 aromatic carbocycles. The molecule has 8 heteroatoms. The molecule has 27 heavy (non-hydrogen) atoms. The summed E-state index contributed by atoms with van der Waals surface area (Å²) < 4.78 is 0. The van der Waals surface area contributed by atoms with Gasteiger partial charge in [0.15, 0.2) is 0 Å². The highest BCUT2D eigenvalue weighted by Crippen LogP contribution is 2.43. The SMILES string of the molecule is N=C(N)CC[C@@H]1C[C@H](CCC(=N)N)[C@@H](c2ccc(CC(=N)N)cn2)C[C@H]1O. The molecule has 8 nitrogen and oxygen atoms in total. The fraction of sp³-hybridized carbons (Fsp3) is 0.579. The van der Waals surface area contributed by atoms with E-state index in [1.807, 2.05) is 12.1 Å². The summed E-state index contributed by atoms with van der Waals surface area (Å²) in [6.45, 7) is 0. The van der Waals surface area contributed by atoms with Crippen LogP contribution in [0.1, 0.15) is 55.7 Å². The third-order valence-corrected chi connectivity index (χ3v) is 5.41. The van der Waals surface area contributed by atoms with Crippen molar-refractivity contribution < 1.29 is 5.11 Å². The number of amidine groups is 3. The number of aliphatic hydroxyl groups excluding tert-OH is 1. The molecule has 0 radical (unpaired) electrons. The molecular weight excluding hydrogens is 342 g/mol. The van der Waals surface area contributed by atoms with Crippen molar-refractivity contribution in [1.29, 1.82) is 16.2 Å². The van der Waals surface area contributed by atoms with Crippen LogP contribution in [-0.2, 0) is 6.42 Å². The molecule has 10 N–H and O–H groups in total. The Labute approximate surface area is 160 Å². The third kappa shape index (κ3) is 6.32. The second-order valence-electron chi connectivity index (χ2n) is 7.59. The van der Waals surface area contributed by atoms with E-state index in [1.54, 1.807) is 6.20 Å². The van der Waals surface area contributed by atoms with Crippen molar-refractivity contribution in [3.8, 4) is 0 Å². The molecule has 1 aliphatic rings. The molecule has 4 atom stereocenters. The first kappa shape index (κ1) is 20.8. The minimum Gasteiger partial charge on any atom is -0.393 e. The van der Waals surface area contributed by atoms with Gasteiger partial charge in [0.05, 0.1) is 23.6 Å². The van der Waals surface area contributed by atoms with Crippen LogP contribution in [0.2, 0.25) is 0 Å². The molecule has 2 rings (SSSR count). The van der Waals surface area contributed by atoms with Crippen molar-refractivity contribution in [3.05, 3.63) is 29.6 Å². The third-order valence-electron chi connectivity index (χ3n) is 5.41. The zero-order valence-electron chi connectivity index (χ0n) is 15.6. The maximum absolute atomic E-state index is 10.6. The van der Waals surface area contributed by atoms with Gasteiger partial charge >= 0.3 is 0 Å². The van der Waals surface area contributed by atoms with Crippen molar-refractivity contribution in [2.24, 2.45) is 29.0 Å². The van der Waals surface area contributed by atoms with E-state index in [2.05, 4.69) is 4.98 Å². The van der Waals surface area contributed by atoms with E-state index in [-0.39, 0.29) is 35.3 Å². The normalized spacial score (nSPS) is 25.1. The predicted molar refractivity (Wildman–Crippen MR) is 107 cm³/mol. The lowest BCUT2D eigenvalue weighted by atomic mass is 9.68. The zero-order chi connectivity index (χ0) is 20.0. The van der Waals surface area contributed by atoms with E-state index in [4.69, 9.17) is 33.4 Å². The fourth-order valence-corrected chi connectivity index (χ4v) is 4.01. The van der Waals surface area contributed by atoms with E-state index >= 15 is 0 Å². The Kier molecular flexibility index (Phi) is 7.29. The summed E-state index contributed by atoms with van der Waals surface area (Å²) in [6, 6.07) is 3.88. The molecule has 0 saturated heterocycles. The van der Waals surface area contributed by atoms with Crippen LogP contribution in [0.3, 0.4) is 0 Å². The van der Waals surface area contributed by atoms with Gasteiger partial charge in [0.25, 0.3) is 0 Å². The second-order valence-corrected chi connectivity index (χ2v) is 7.59. The van der Waals surface area contributed by atoms with Gasteiger partial charge in [0.1, 0.15) is 0 Å². The molecule has 0 unspecified atom stereocenters. The van der Waals surface area contributed by atoms with Gasteiger partial charge in [-0.2, -0.15) is 0 Å². The molecule has 148 valence electrons. The number of hydrogen-bond donors (Lipinski definition) is 7. The maximum Gasteiger partial charge on any atom is 0.0950 e. The van der Waals surface area contributed by atoms with Gasteiger partial charge in [-0.15, -0.1) is 0 Å². The van der Waals surface area contributed by atoms with Crippen LogP contribution in [0, 0.1) is 28.1 Å². The molecule has 1 aromatic heterocycles. The monoisotopic (exact) mass is 373 g/mol. The highest BCUT2D eigenvalue weighted by molar-refractivity contribution is 5.79. The Hall–Kier alpha value is -2.48. The molecule has 0 spiro atoms. The van der Waals surface area contributed by atoms with Gasteiger partial charge < -0.3 is 22.3 Å². The summed E-state index contributed by atoms with van der Waals surface area (Å²) in [5.41, 5.74) is 18.3. The lowest BCUT2D eigenvalue weighted by Gasteiger charge is -2.39. The zero-order valence-corrected chi connectivity index (χ0v) is 15.6. The van der Waals surface area contributed by atoms with Crippen molar-refractivity contribution in [1.82, 2.24) is 4.98 Å². The second kappa shape index (κ2) is 9.45. The molecule has 1 fully saturated rings. The van der Waals surface area contributed by atoms with E-state index in [0.29, 0.717) is 32.1 Å². The standard InChI is InChI=1S/C19H31N7O/c20-17(21)5-2-12-8-13(3-6-18(22)23)16(27)9-14(12)15-4-1-11(10-26-15)7-19(24)25/h1,4,10,12-14,16,27H,2-3,5-9H2,(H3,20,21)(H3,22,23)(H3,24,25)/t12-,13+,14-,16+/m0/s1. The molecule has 0 aliphatic heterocycles. The molecule has 1 aromatic rings. The summed E-state index contributed by atoms with van der Waals surface area (Å²) in [5.74, 6) is 0.876. The number of hydrogen-bond acceptors (Lipinski definition) is 5. The predicted octanol–water partition coefficient (Wildman–Crippen LogP) is 1.46. The van der Waals surface area contributed by atoms with Gasteiger partial charge in [0, 0.05) is 37.1 Å². The summed E-state index contributed by atoms with van der Waals surface area (Å²) in [6.07, 6.45) is 5.57. The van der Waals surface area contributed by atoms with Crippen LogP contribution in [0.4, 0.5) is 0 Å². The average Bonchev–Trinajstić information content (AvgIpc) is 2.59. The average molecular weight is 374 g/mol. The summed E-state index contributed by atoms with van der Waals surface area (Å²) in [5, 5.41) is 33.0. The molecule has 1 aliphatic carbocycles. The topological polar surface area (TPSA) is 183 Å². The Bertz CT molecular complexity index is 673. The molecular formula is C19H31N7O. The first-order valence-electron chi connectivity index (χ1n) is 9.37. The summed E-state index contributed by atoms with van der Waals surface area (Å²) in [4.78, 5) is 4.56. The van der Waals surface area contributed by atoms with Gasteiger partial charge in [-0.1, -0.05) is 6.07 Å². The van der Waals surface area contributed by atoms with Gasteiger partial charge in [-0.25, -0.2) is 0 Å². The number of aromatic nitrogens is 1. The quantitative estimate of drug-likeness (QED) is 0.255. The Balaban J connectivity index is 2.14. The van der Waals surface area contributed by atoms with Crippen molar-refractivity contribution in [2.45, 2.75) is 57.0 Å². The smallest absolute Gasteiger partial charge is 0.0950 e. The Morgan fingerprint density at radius 2 is 1.59 bits per heavy atom. The number of nitrogens with two attached hydrogens (primary N) is 3. The number of nitrogens with one attached hydrogen (secondary N) is 3. The summed E-state index contributed by atoms with van der Waals surface area (Å²) in [7, 11) is 0. The lowest BCUT2D eigenvalue weighted by molar-refractivity contribution is 0.0299. The molecule has 0 amide bonds. The number of rotatable bonds is 9. The van der Waals surface area contributed by atoms with Crippen LogP contribution >= 0.6 is 0 Å². The van der Waals surface area contributed by atoms with Gasteiger partial charge in [0.2, 0.25) is 0 Å². The van der Waals surface area contributed by atoms with E-state index in [0.717, 1.165) is 24.1 Å². The van der Waals surface area contributed by atoms with Crippen LogP contribution < -0.4 is 17.2 Å². The van der Waals surface area contributed by atoms with Gasteiger partial charge in [-0.05, 0) is 49.1 Å². The van der Waals surface area contributed by atoms with Crippen molar-refractivity contribution in [3.63, 3.8) is 0 Å². The lowest BCUT2D eigenvalue weighted by Crippen LogP contribution is -2.35. The van der Waals surface area contributed by atoms with Crippen LogP contribution in [0.15, 0.2) is 18.3 Å². The highest BCUT2D eigenvalue weighted by atomic mass is 16.3. The van der Waals surface area contributed by atoms with E-state index in [9.17, 15) is 5.11 Å². The van der Waals surface area contributed by atoms with E-state index < -0.39 is 6.10 Å². The van der Waals surface area contributed by atoms with Crippen LogP contribution in [-0.4, -0.2) is 33.7 Å². The largest absolute Gasteiger partial charge is 0.393 e. The minimum atomic E-state index is -0.457. The Morgan fingerprint density at radius 3 is 2.11 bits per heavy atom. The fourth-order valence-electron chi connectivity index (χ4n) is 4.01. The van der Waals surface area contributed by atoms with Crippen molar-refractivity contribution in [2.75, 3.05) is 0 Å². The first-order valence-corrected chi connectivity index (χ1v) is 9.37. The summed E-state index contributed by atoms with van der Waals surface area (Å²) >= 11 is 0. The number of pyridine rings is 1. The molecule has 1 saturated carbocycles. The van der Waals surface area contributed by atoms with E-state index in [1.165, 1.54) is 0 Å². The highest BCUT2D eigenvalue weighted by Gasteiger charge is 2.37. The van der Waals surface area contributed by atoms with Gasteiger partial charge in [-0.3, -0.25) is 21.2 Å². The van der Waals surface area contributed by atoms with Crippen molar-refractivity contribution >= 4 is 17.5 Å². The maximum atomic E-state index is 10.6. The Morgan fingerprint density at radius 1 is 0.963 bits per heavy atom. The van der Waals surface area contributed by atoms with Crippen LogP contribution in [0.5, 0.6) is 0 Å².